The molecule has 2 aliphatic rings. The maximum absolute atomic E-state index is 13.2. The van der Waals surface area contributed by atoms with Crippen molar-refractivity contribution in [2.45, 2.75) is 44.4 Å². The zero-order valence-electron chi connectivity index (χ0n) is 17.5. The Hall–Kier alpha value is -2.19. The number of amidine groups is 1. The SMILES string of the molecule is CCc1cccc(CC)c1N1C(=NC(=O)Cc2ccc(F)cc2)S[C@H]2CS(=O)(=O)C[C@@H]21. The number of halogens is 1. The van der Waals surface area contributed by atoms with Crippen LogP contribution in [0.1, 0.15) is 30.5 Å². The molecular formula is C23H25FN2O3S2. The number of benzene rings is 2. The minimum Gasteiger partial charge on any atom is -0.315 e. The van der Waals surface area contributed by atoms with Gasteiger partial charge in [-0.25, -0.2) is 12.8 Å². The van der Waals surface area contributed by atoms with E-state index in [1.165, 1.54) is 23.9 Å². The highest BCUT2D eigenvalue weighted by Crippen LogP contribution is 2.43. The van der Waals surface area contributed by atoms with Gasteiger partial charge >= 0.3 is 0 Å². The fraction of sp³-hybridized carbons (Fsp3) is 0.391. The van der Waals surface area contributed by atoms with Gasteiger partial charge in [0.05, 0.1) is 24.0 Å². The number of carbonyl (C=O) groups excluding carboxylic acids is 1. The van der Waals surface area contributed by atoms with E-state index in [0.29, 0.717) is 10.7 Å². The van der Waals surface area contributed by atoms with Crippen LogP contribution < -0.4 is 4.90 Å². The van der Waals surface area contributed by atoms with Gasteiger partial charge < -0.3 is 4.90 Å². The second-order valence-corrected chi connectivity index (χ2v) is 11.3. The monoisotopic (exact) mass is 460 g/mol. The van der Waals surface area contributed by atoms with Crippen molar-refractivity contribution in [3.8, 4) is 0 Å². The first-order valence-electron chi connectivity index (χ1n) is 10.4. The van der Waals surface area contributed by atoms with E-state index in [9.17, 15) is 17.6 Å². The summed E-state index contributed by atoms with van der Waals surface area (Å²) in [6.07, 6.45) is 1.67. The third-order valence-corrected chi connectivity index (χ3v) is 8.97. The number of thioether (sulfide) groups is 1. The molecular weight excluding hydrogens is 435 g/mol. The van der Waals surface area contributed by atoms with Gasteiger partial charge in [-0.15, -0.1) is 0 Å². The minimum atomic E-state index is -3.13. The number of anilines is 1. The van der Waals surface area contributed by atoms with Crippen LogP contribution in [0.3, 0.4) is 0 Å². The van der Waals surface area contributed by atoms with Gasteiger partial charge in [0.1, 0.15) is 5.82 Å². The molecule has 2 heterocycles. The Morgan fingerprint density at radius 3 is 2.35 bits per heavy atom. The molecule has 31 heavy (non-hydrogen) atoms. The summed E-state index contributed by atoms with van der Waals surface area (Å²) in [6, 6.07) is 11.7. The average molecular weight is 461 g/mol. The number of hydrogen-bond acceptors (Lipinski definition) is 4. The standard InChI is InChI=1S/C23H25FN2O3S2/c1-3-16-6-5-7-17(4-2)22(16)26-19-13-31(28,29)14-20(19)30-23(26)25-21(27)12-15-8-10-18(24)11-9-15/h5-11,19-20H,3-4,12-14H2,1-2H3/t19-,20-/m0/s1. The smallest absolute Gasteiger partial charge is 0.252 e. The summed E-state index contributed by atoms with van der Waals surface area (Å²) < 4.78 is 37.9. The van der Waals surface area contributed by atoms with Crippen LogP contribution in [0, 0.1) is 5.82 Å². The van der Waals surface area contributed by atoms with Crippen LogP contribution in [0.5, 0.6) is 0 Å². The molecule has 0 unspecified atom stereocenters. The number of nitrogens with zero attached hydrogens (tertiary/aromatic N) is 2. The Morgan fingerprint density at radius 2 is 1.74 bits per heavy atom. The molecule has 2 aromatic carbocycles. The Kier molecular flexibility index (Phi) is 6.21. The van der Waals surface area contributed by atoms with Crippen molar-refractivity contribution in [3.05, 3.63) is 65.0 Å². The topological polar surface area (TPSA) is 66.8 Å². The lowest BCUT2D eigenvalue weighted by Gasteiger charge is -2.29. The highest BCUT2D eigenvalue weighted by Gasteiger charge is 2.50. The predicted octanol–water partition coefficient (Wildman–Crippen LogP) is 3.79. The molecule has 0 radical (unpaired) electrons. The van der Waals surface area contributed by atoms with Crippen molar-refractivity contribution in [3.63, 3.8) is 0 Å². The number of para-hydroxylation sites is 1. The van der Waals surface area contributed by atoms with Crippen LogP contribution in [0.25, 0.3) is 0 Å². The van der Waals surface area contributed by atoms with E-state index in [2.05, 4.69) is 18.8 Å². The number of aryl methyl sites for hydroxylation is 2. The number of rotatable bonds is 5. The fourth-order valence-electron chi connectivity index (χ4n) is 4.27. The number of hydrogen-bond donors (Lipinski definition) is 0. The highest BCUT2D eigenvalue weighted by molar-refractivity contribution is 8.16. The van der Waals surface area contributed by atoms with Gasteiger partial charge in [0.15, 0.2) is 15.0 Å². The lowest BCUT2D eigenvalue weighted by molar-refractivity contribution is -0.117. The maximum Gasteiger partial charge on any atom is 0.252 e. The van der Waals surface area contributed by atoms with Gasteiger partial charge in [0.2, 0.25) is 0 Å². The summed E-state index contributed by atoms with van der Waals surface area (Å²) >= 11 is 1.38. The third-order valence-electron chi connectivity index (χ3n) is 5.76. The van der Waals surface area contributed by atoms with E-state index in [1.54, 1.807) is 12.1 Å². The fourth-order valence-corrected chi connectivity index (χ4v) is 8.19. The van der Waals surface area contributed by atoms with Crippen LogP contribution in [-0.2, 0) is 33.9 Å². The third kappa shape index (κ3) is 4.55. The number of carbonyl (C=O) groups is 1. The van der Waals surface area contributed by atoms with Crippen molar-refractivity contribution in [2.24, 2.45) is 4.99 Å². The summed E-state index contributed by atoms with van der Waals surface area (Å²) in [7, 11) is -3.13. The first-order chi connectivity index (χ1) is 14.8. The van der Waals surface area contributed by atoms with Gasteiger partial charge in [-0.1, -0.05) is 55.9 Å². The number of amides is 1. The Morgan fingerprint density at radius 1 is 1.10 bits per heavy atom. The molecule has 164 valence electrons. The molecule has 0 aromatic heterocycles. The van der Waals surface area contributed by atoms with Crippen molar-refractivity contribution in [2.75, 3.05) is 16.4 Å². The van der Waals surface area contributed by atoms with Crippen molar-refractivity contribution in [1.82, 2.24) is 0 Å². The molecule has 2 aliphatic heterocycles. The highest BCUT2D eigenvalue weighted by atomic mass is 32.2. The van der Waals surface area contributed by atoms with Gasteiger partial charge in [-0.2, -0.15) is 4.99 Å². The molecule has 0 aliphatic carbocycles. The Balaban J connectivity index is 1.73. The molecule has 0 saturated carbocycles. The molecule has 8 heteroatoms. The van der Waals surface area contributed by atoms with Crippen molar-refractivity contribution in [1.29, 1.82) is 0 Å². The quantitative estimate of drug-likeness (QED) is 0.679. The van der Waals surface area contributed by atoms with Crippen LogP contribution in [-0.4, -0.2) is 42.3 Å². The molecule has 2 saturated heterocycles. The summed E-state index contributed by atoms with van der Waals surface area (Å²) in [5.41, 5.74) is 3.90. The molecule has 5 nitrogen and oxygen atoms in total. The normalized spacial score (nSPS) is 23.3. The van der Waals surface area contributed by atoms with E-state index in [1.807, 2.05) is 23.1 Å². The van der Waals surface area contributed by atoms with Crippen molar-refractivity contribution >= 4 is 38.4 Å². The van der Waals surface area contributed by atoms with Crippen LogP contribution >= 0.6 is 11.8 Å². The number of fused-ring (bicyclic) bond motifs is 1. The van der Waals surface area contributed by atoms with Crippen LogP contribution in [0.15, 0.2) is 47.5 Å². The first kappa shape index (κ1) is 22.0. The lowest BCUT2D eigenvalue weighted by Crippen LogP contribution is -2.39. The second kappa shape index (κ2) is 8.74. The molecule has 2 atom stereocenters. The summed E-state index contributed by atoms with van der Waals surface area (Å²) in [5.74, 6) is -0.511. The number of sulfone groups is 1. The van der Waals surface area contributed by atoms with E-state index in [4.69, 9.17) is 0 Å². The van der Waals surface area contributed by atoms with Gasteiger partial charge in [-0.3, -0.25) is 4.79 Å². The van der Waals surface area contributed by atoms with E-state index in [0.717, 1.165) is 29.7 Å². The molecule has 1 amide bonds. The first-order valence-corrected chi connectivity index (χ1v) is 13.1. The molecule has 0 N–H and O–H groups in total. The summed E-state index contributed by atoms with van der Waals surface area (Å²) in [6.45, 7) is 4.14. The predicted molar refractivity (Wildman–Crippen MR) is 124 cm³/mol. The Labute approximate surface area is 186 Å². The second-order valence-electron chi connectivity index (χ2n) is 7.89. The average Bonchev–Trinajstić information content (AvgIpc) is 3.19. The van der Waals surface area contributed by atoms with Gasteiger partial charge in [0, 0.05) is 10.9 Å². The molecule has 2 fully saturated rings. The zero-order valence-corrected chi connectivity index (χ0v) is 19.2. The Bertz CT molecular complexity index is 1110. The van der Waals surface area contributed by atoms with E-state index in [-0.39, 0.29) is 40.9 Å². The van der Waals surface area contributed by atoms with Gasteiger partial charge in [0.25, 0.3) is 5.91 Å². The van der Waals surface area contributed by atoms with E-state index >= 15 is 0 Å². The molecule has 4 rings (SSSR count). The van der Waals surface area contributed by atoms with Crippen LogP contribution in [0.4, 0.5) is 10.1 Å². The minimum absolute atomic E-state index is 0.0665. The maximum atomic E-state index is 13.2. The largest absolute Gasteiger partial charge is 0.315 e. The van der Waals surface area contributed by atoms with Crippen LogP contribution in [0.2, 0.25) is 0 Å². The molecule has 2 aromatic rings. The molecule has 0 spiro atoms. The molecule has 0 bridgehead atoms. The van der Waals surface area contributed by atoms with E-state index < -0.39 is 9.84 Å². The van der Waals surface area contributed by atoms with Gasteiger partial charge in [-0.05, 0) is 41.7 Å². The van der Waals surface area contributed by atoms with Crippen molar-refractivity contribution < 1.29 is 17.6 Å². The zero-order chi connectivity index (χ0) is 22.2. The lowest BCUT2D eigenvalue weighted by atomic mass is 10.0. The summed E-state index contributed by atoms with van der Waals surface area (Å²) in [4.78, 5) is 19.2. The number of aliphatic imine (C=N–C) groups is 1. The summed E-state index contributed by atoms with van der Waals surface area (Å²) in [5, 5.41) is 0.421.